The summed E-state index contributed by atoms with van der Waals surface area (Å²) in [5, 5.41) is 9.13. The van der Waals surface area contributed by atoms with Gasteiger partial charge in [-0.2, -0.15) is 5.26 Å². The van der Waals surface area contributed by atoms with Gasteiger partial charge in [-0.3, -0.25) is 0 Å². The molecule has 0 aromatic rings. The van der Waals surface area contributed by atoms with Gasteiger partial charge in [0, 0.05) is 5.25 Å². The van der Waals surface area contributed by atoms with E-state index in [9.17, 15) is 0 Å². The molecule has 0 unspecified atom stereocenters. The Morgan fingerprint density at radius 1 is 1.30 bits per heavy atom. The summed E-state index contributed by atoms with van der Waals surface area (Å²) in [6, 6.07) is 2.18. The zero-order valence-corrected chi connectivity index (χ0v) is 6.99. The molecule has 0 saturated heterocycles. The average Bonchev–Trinajstić information content (AvgIpc) is 2.03. The first kappa shape index (κ1) is 7.94. The number of thioether (sulfide) groups is 1. The molecule has 56 valence electrons. The van der Waals surface area contributed by atoms with Crippen LogP contribution >= 0.6 is 11.8 Å². The highest BCUT2D eigenvalue weighted by atomic mass is 32.2. The first-order valence-electron chi connectivity index (χ1n) is 3.92. The molecule has 1 aliphatic rings. The second-order valence-electron chi connectivity index (χ2n) is 2.73. The molecule has 0 radical (unpaired) electrons. The molecule has 0 aliphatic heterocycles. The van der Waals surface area contributed by atoms with Crippen LogP contribution in [0.4, 0.5) is 0 Å². The number of hydrogen-bond donors (Lipinski definition) is 0. The molecule has 0 heterocycles. The average molecular weight is 155 g/mol. The quantitative estimate of drug-likeness (QED) is 0.612. The van der Waals surface area contributed by atoms with Crippen LogP contribution in [-0.4, -0.2) is 11.0 Å². The molecule has 0 aromatic heterocycles. The molecule has 1 saturated carbocycles. The molecule has 1 rings (SSSR count). The van der Waals surface area contributed by atoms with E-state index in [0.717, 1.165) is 5.25 Å². The van der Waals surface area contributed by atoms with E-state index in [1.165, 1.54) is 32.1 Å². The second-order valence-corrected chi connectivity index (χ2v) is 4.02. The van der Waals surface area contributed by atoms with Crippen molar-refractivity contribution in [2.75, 3.05) is 5.75 Å². The molecule has 0 atom stereocenters. The largest absolute Gasteiger partial charge is 0.197 e. The maximum absolute atomic E-state index is 8.33. The maximum Gasteiger partial charge on any atom is 0.0810 e. The smallest absolute Gasteiger partial charge is 0.0810 e. The molecule has 1 fully saturated rings. The van der Waals surface area contributed by atoms with E-state index in [2.05, 4.69) is 6.07 Å². The minimum absolute atomic E-state index is 0.685. The van der Waals surface area contributed by atoms with Crippen LogP contribution in [0.25, 0.3) is 0 Å². The highest BCUT2D eigenvalue weighted by Gasteiger charge is 2.12. The molecule has 0 amide bonds. The first-order chi connectivity index (χ1) is 4.93. The van der Waals surface area contributed by atoms with Crippen molar-refractivity contribution in [2.45, 2.75) is 37.4 Å². The first-order valence-corrected chi connectivity index (χ1v) is 4.97. The summed E-state index contributed by atoms with van der Waals surface area (Å²) in [5.74, 6) is 0.685. The number of nitrogens with zero attached hydrogens (tertiary/aromatic N) is 1. The molecule has 0 N–H and O–H groups in total. The fourth-order valence-corrected chi connectivity index (χ4v) is 2.36. The Kier molecular flexibility index (Phi) is 3.67. The van der Waals surface area contributed by atoms with Crippen LogP contribution < -0.4 is 0 Å². The SMILES string of the molecule is N#CCSC1CCCCC1. The monoisotopic (exact) mass is 155 g/mol. The Morgan fingerprint density at radius 3 is 2.60 bits per heavy atom. The van der Waals surface area contributed by atoms with Gasteiger partial charge in [0.05, 0.1) is 11.8 Å². The molecule has 0 aromatic carbocycles. The molecule has 0 bridgehead atoms. The third-order valence-corrected chi connectivity index (χ3v) is 3.17. The number of rotatable bonds is 2. The van der Waals surface area contributed by atoms with Gasteiger partial charge in [-0.05, 0) is 12.8 Å². The van der Waals surface area contributed by atoms with E-state index in [0.29, 0.717) is 5.75 Å². The fraction of sp³-hybridized carbons (Fsp3) is 0.875. The number of hydrogen-bond acceptors (Lipinski definition) is 2. The molecular weight excluding hydrogens is 142 g/mol. The van der Waals surface area contributed by atoms with Crippen LogP contribution in [0.1, 0.15) is 32.1 Å². The van der Waals surface area contributed by atoms with Crippen molar-refractivity contribution in [1.82, 2.24) is 0 Å². The van der Waals surface area contributed by atoms with E-state index >= 15 is 0 Å². The fourth-order valence-electron chi connectivity index (χ4n) is 1.39. The number of nitriles is 1. The van der Waals surface area contributed by atoms with Gasteiger partial charge < -0.3 is 0 Å². The Labute approximate surface area is 66.8 Å². The normalized spacial score (nSPS) is 20.3. The maximum atomic E-state index is 8.33. The van der Waals surface area contributed by atoms with E-state index in [-0.39, 0.29) is 0 Å². The molecule has 10 heavy (non-hydrogen) atoms. The second kappa shape index (κ2) is 4.62. The Morgan fingerprint density at radius 2 is 2.00 bits per heavy atom. The van der Waals surface area contributed by atoms with Crippen LogP contribution in [0, 0.1) is 11.3 Å². The van der Waals surface area contributed by atoms with Gasteiger partial charge in [0.25, 0.3) is 0 Å². The Hall–Kier alpha value is -0.160. The van der Waals surface area contributed by atoms with Crippen LogP contribution in [0.3, 0.4) is 0 Å². The van der Waals surface area contributed by atoms with Crippen LogP contribution in [0.15, 0.2) is 0 Å². The van der Waals surface area contributed by atoms with Gasteiger partial charge in [0.1, 0.15) is 0 Å². The van der Waals surface area contributed by atoms with Crippen molar-refractivity contribution in [1.29, 1.82) is 5.26 Å². The van der Waals surface area contributed by atoms with E-state index < -0.39 is 0 Å². The predicted molar refractivity (Wildman–Crippen MR) is 44.9 cm³/mol. The third kappa shape index (κ3) is 2.62. The highest BCUT2D eigenvalue weighted by Crippen LogP contribution is 2.27. The van der Waals surface area contributed by atoms with E-state index in [1.807, 2.05) is 11.8 Å². The minimum Gasteiger partial charge on any atom is -0.197 e. The van der Waals surface area contributed by atoms with Gasteiger partial charge in [-0.15, -0.1) is 11.8 Å². The molecule has 1 aliphatic carbocycles. The van der Waals surface area contributed by atoms with E-state index in [4.69, 9.17) is 5.26 Å². The minimum atomic E-state index is 0.685. The van der Waals surface area contributed by atoms with Crippen molar-refractivity contribution >= 4 is 11.8 Å². The van der Waals surface area contributed by atoms with Crippen molar-refractivity contribution in [3.63, 3.8) is 0 Å². The van der Waals surface area contributed by atoms with Crippen molar-refractivity contribution in [3.8, 4) is 6.07 Å². The summed E-state index contributed by atoms with van der Waals surface area (Å²) in [6.07, 6.45) is 6.84. The van der Waals surface area contributed by atoms with Crippen molar-refractivity contribution in [2.24, 2.45) is 0 Å². The Bertz CT molecular complexity index is 122. The van der Waals surface area contributed by atoms with Crippen LogP contribution in [0.5, 0.6) is 0 Å². The Balaban J connectivity index is 2.09. The summed E-state index contributed by atoms with van der Waals surface area (Å²) in [4.78, 5) is 0. The van der Waals surface area contributed by atoms with Crippen molar-refractivity contribution in [3.05, 3.63) is 0 Å². The summed E-state index contributed by atoms with van der Waals surface area (Å²) >= 11 is 1.84. The van der Waals surface area contributed by atoms with Gasteiger partial charge in [-0.25, -0.2) is 0 Å². The summed E-state index contributed by atoms with van der Waals surface area (Å²) < 4.78 is 0. The van der Waals surface area contributed by atoms with Gasteiger partial charge in [0.2, 0.25) is 0 Å². The zero-order chi connectivity index (χ0) is 7.23. The standard InChI is InChI=1S/C8H13NS/c9-6-7-10-8-4-2-1-3-5-8/h8H,1-5,7H2. The van der Waals surface area contributed by atoms with Crippen LogP contribution in [-0.2, 0) is 0 Å². The molecular formula is C8H13NS. The lowest BCUT2D eigenvalue weighted by Gasteiger charge is -2.19. The summed E-state index contributed by atoms with van der Waals surface area (Å²) in [6.45, 7) is 0. The molecule has 0 spiro atoms. The van der Waals surface area contributed by atoms with E-state index in [1.54, 1.807) is 0 Å². The summed E-state index contributed by atoms with van der Waals surface area (Å²) in [5.41, 5.74) is 0. The van der Waals surface area contributed by atoms with Crippen molar-refractivity contribution < 1.29 is 0 Å². The molecule has 1 nitrogen and oxygen atoms in total. The molecule has 2 heteroatoms. The topological polar surface area (TPSA) is 23.8 Å². The predicted octanol–water partition coefficient (Wildman–Crippen LogP) is 2.58. The zero-order valence-electron chi connectivity index (χ0n) is 6.18. The lowest BCUT2D eigenvalue weighted by Crippen LogP contribution is -2.08. The third-order valence-electron chi connectivity index (χ3n) is 1.94. The van der Waals surface area contributed by atoms with Crippen LogP contribution in [0.2, 0.25) is 0 Å². The lowest BCUT2D eigenvalue weighted by atomic mass is 10.0. The lowest BCUT2D eigenvalue weighted by molar-refractivity contribution is 0.516. The van der Waals surface area contributed by atoms with Gasteiger partial charge in [-0.1, -0.05) is 19.3 Å². The summed E-state index contributed by atoms with van der Waals surface area (Å²) in [7, 11) is 0. The van der Waals surface area contributed by atoms with Gasteiger partial charge >= 0.3 is 0 Å². The van der Waals surface area contributed by atoms with Gasteiger partial charge in [0.15, 0.2) is 0 Å². The highest BCUT2D eigenvalue weighted by molar-refractivity contribution is 8.00.